The van der Waals surface area contributed by atoms with Crippen LogP contribution >= 0.6 is 0 Å². The first-order chi connectivity index (χ1) is 14.0. The number of carboxylic acid groups (broad SMARTS) is 2. The van der Waals surface area contributed by atoms with E-state index in [0.29, 0.717) is 26.1 Å². The number of aryl methyl sites for hydroxylation is 1. The highest BCUT2D eigenvalue weighted by Gasteiger charge is 2.44. The van der Waals surface area contributed by atoms with Crippen molar-refractivity contribution < 1.29 is 34.1 Å². The molecule has 1 amide bonds. The van der Waals surface area contributed by atoms with Crippen molar-refractivity contribution in [2.45, 2.75) is 37.6 Å². The summed E-state index contributed by atoms with van der Waals surface area (Å²) in [5.41, 5.74) is 1.01. The Hall–Kier alpha value is -2.49. The van der Waals surface area contributed by atoms with Gasteiger partial charge in [-0.25, -0.2) is 4.79 Å². The summed E-state index contributed by atoms with van der Waals surface area (Å²) < 4.78 is 10.9. The van der Waals surface area contributed by atoms with Crippen LogP contribution in [-0.2, 0) is 30.3 Å². The van der Waals surface area contributed by atoms with E-state index in [4.69, 9.17) is 9.47 Å². The number of nitrogens with zero attached hydrogens (tertiary/aromatic N) is 1. The zero-order valence-electron chi connectivity index (χ0n) is 16.0. The predicted octanol–water partition coefficient (Wildman–Crippen LogP) is 0.337. The van der Waals surface area contributed by atoms with E-state index in [1.54, 1.807) is 0 Å². The molecule has 0 aliphatic carbocycles. The number of rotatable bonds is 9. The van der Waals surface area contributed by atoms with Gasteiger partial charge in [0.2, 0.25) is 5.91 Å². The number of ether oxygens (including phenoxy) is 2. The van der Waals surface area contributed by atoms with Crippen molar-refractivity contribution >= 4 is 17.8 Å². The van der Waals surface area contributed by atoms with E-state index >= 15 is 0 Å². The topological polar surface area (TPSA) is 125 Å². The quantitative estimate of drug-likeness (QED) is 0.536. The number of carbonyl (C=O) groups excluding carboxylic acids is 1. The first kappa shape index (κ1) is 21.2. The van der Waals surface area contributed by atoms with E-state index < -0.39 is 36.2 Å². The third-order valence-electron chi connectivity index (χ3n) is 5.33. The molecule has 0 bridgehead atoms. The Labute approximate surface area is 168 Å². The molecule has 1 unspecified atom stereocenters. The molecule has 3 rings (SSSR count). The van der Waals surface area contributed by atoms with Crippen LogP contribution in [0.25, 0.3) is 0 Å². The lowest BCUT2D eigenvalue weighted by Crippen LogP contribution is -2.48. The molecule has 2 fully saturated rings. The lowest BCUT2D eigenvalue weighted by atomic mass is 10.1. The van der Waals surface area contributed by atoms with Crippen LogP contribution in [0, 0.1) is 5.92 Å². The van der Waals surface area contributed by atoms with Crippen molar-refractivity contribution in [3.05, 3.63) is 35.9 Å². The molecule has 29 heavy (non-hydrogen) atoms. The van der Waals surface area contributed by atoms with Crippen molar-refractivity contribution in [1.82, 2.24) is 10.2 Å². The van der Waals surface area contributed by atoms with Crippen LogP contribution in [0.15, 0.2) is 30.3 Å². The second-order valence-electron chi connectivity index (χ2n) is 7.30. The summed E-state index contributed by atoms with van der Waals surface area (Å²) in [4.78, 5) is 37.1. The van der Waals surface area contributed by atoms with Gasteiger partial charge in [0, 0.05) is 12.5 Å². The fraction of sp³-hybridized carbons (Fsp3) is 0.550. The van der Waals surface area contributed by atoms with E-state index in [0.717, 1.165) is 5.56 Å². The Kier molecular flexibility index (Phi) is 7.18. The Balaban J connectivity index is 1.55. The molecule has 0 spiro atoms. The third-order valence-corrected chi connectivity index (χ3v) is 5.33. The maximum Gasteiger partial charge on any atom is 0.326 e. The molecule has 2 heterocycles. The molecule has 0 aromatic heterocycles. The van der Waals surface area contributed by atoms with Gasteiger partial charge in [-0.05, 0) is 24.8 Å². The number of hydrogen-bond acceptors (Lipinski definition) is 6. The largest absolute Gasteiger partial charge is 0.480 e. The minimum Gasteiger partial charge on any atom is -0.480 e. The van der Waals surface area contributed by atoms with E-state index in [-0.39, 0.29) is 25.4 Å². The van der Waals surface area contributed by atoms with Gasteiger partial charge in [-0.1, -0.05) is 30.3 Å². The molecule has 1 aromatic rings. The summed E-state index contributed by atoms with van der Waals surface area (Å²) in [6, 6.07) is 7.62. The van der Waals surface area contributed by atoms with Crippen molar-refractivity contribution in [3.8, 4) is 0 Å². The van der Waals surface area contributed by atoms with Crippen LogP contribution in [-0.4, -0.2) is 77.6 Å². The van der Waals surface area contributed by atoms with E-state index in [9.17, 15) is 24.6 Å². The van der Waals surface area contributed by atoms with Gasteiger partial charge in [-0.3, -0.25) is 14.9 Å². The van der Waals surface area contributed by atoms with Crippen molar-refractivity contribution in [2.75, 3.05) is 26.3 Å². The summed E-state index contributed by atoms with van der Waals surface area (Å²) in [6.45, 7) is 0.880. The van der Waals surface area contributed by atoms with Crippen molar-refractivity contribution in [2.24, 2.45) is 5.92 Å². The van der Waals surface area contributed by atoms with Crippen LogP contribution in [0.2, 0.25) is 0 Å². The SMILES string of the molecule is O=C(O)C(CCc1ccccc1)NCC(=O)N1C[C@@H](C2OCCO2)C[C@H]1C(=O)O. The smallest absolute Gasteiger partial charge is 0.326 e. The standard InChI is InChI=1S/C20H26N2O7/c23-17(11-21-15(18(24)25)7-6-13-4-2-1-3-5-13)22-12-14(10-16(22)19(26)27)20-28-8-9-29-20/h1-5,14-16,20-21H,6-12H2,(H,24,25)(H,26,27)/t14-,15?,16-/m0/s1. The van der Waals surface area contributed by atoms with Gasteiger partial charge in [-0.15, -0.1) is 0 Å². The van der Waals surface area contributed by atoms with E-state index in [1.165, 1.54) is 4.90 Å². The second kappa shape index (κ2) is 9.82. The molecule has 158 valence electrons. The van der Waals surface area contributed by atoms with Crippen LogP contribution in [0.5, 0.6) is 0 Å². The van der Waals surface area contributed by atoms with E-state index in [2.05, 4.69) is 5.32 Å². The Morgan fingerprint density at radius 2 is 1.83 bits per heavy atom. The first-order valence-electron chi connectivity index (χ1n) is 9.71. The van der Waals surface area contributed by atoms with Crippen LogP contribution in [0.3, 0.4) is 0 Å². The maximum atomic E-state index is 12.6. The summed E-state index contributed by atoms with van der Waals surface area (Å²) >= 11 is 0. The first-order valence-corrected chi connectivity index (χ1v) is 9.71. The van der Waals surface area contributed by atoms with Gasteiger partial charge in [0.1, 0.15) is 12.1 Å². The average Bonchev–Trinajstić information content (AvgIpc) is 3.38. The molecule has 9 heteroatoms. The molecule has 2 aliphatic heterocycles. The zero-order valence-corrected chi connectivity index (χ0v) is 16.0. The summed E-state index contributed by atoms with van der Waals surface area (Å²) in [5.74, 6) is -2.78. The number of benzene rings is 1. The summed E-state index contributed by atoms with van der Waals surface area (Å²) in [6.07, 6.45) is 0.628. The van der Waals surface area contributed by atoms with Crippen LogP contribution < -0.4 is 5.32 Å². The molecule has 3 atom stereocenters. The van der Waals surface area contributed by atoms with Crippen molar-refractivity contribution in [1.29, 1.82) is 0 Å². The van der Waals surface area contributed by atoms with Crippen LogP contribution in [0.1, 0.15) is 18.4 Å². The van der Waals surface area contributed by atoms with Gasteiger partial charge < -0.3 is 24.6 Å². The lowest BCUT2D eigenvalue weighted by molar-refractivity contribution is -0.148. The number of hydrogen-bond donors (Lipinski definition) is 3. The van der Waals surface area contributed by atoms with Gasteiger partial charge in [0.25, 0.3) is 0 Å². The maximum absolute atomic E-state index is 12.6. The molecule has 3 N–H and O–H groups in total. The molecule has 2 aliphatic rings. The lowest BCUT2D eigenvalue weighted by Gasteiger charge is -2.23. The van der Waals surface area contributed by atoms with Crippen LogP contribution in [0.4, 0.5) is 0 Å². The van der Waals surface area contributed by atoms with E-state index in [1.807, 2.05) is 30.3 Å². The van der Waals surface area contributed by atoms with Gasteiger partial charge >= 0.3 is 11.9 Å². The highest BCUT2D eigenvalue weighted by Crippen LogP contribution is 2.29. The fourth-order valence-electron chi connectivity index (χ4n) is 3.80. The monoisotopic (exact) mass is 406 g/mol. The summed E-state index contributed by atoms with van der Waals surface area (Å²) in [7, 11) is 0. The fourth-order valence-corrected chi connectivity index (χ4v) is 3.80. The number of carbonyl (C=O) groups is 3. The number of nitrogens with one attached hydrogen (secondary N) is 1. The molecule has 0 saturated carbocycles. The highest BCUT2D eigenvalue weighted by molar-refractivity contribution is 5.86. The number of aliphatic carboxylic acids is 2. The third kappa shape index (κ3) is 5.53. The molecule has 9 nitrogen and oxygen atoms in total. The minimum absolute atomic E-state index is 0.212. The molecular weight excluding hydrogens is 380 g/mol. The average molecular weight is 406 g/mol. The second-order valence-corrected chi connectivity index (χ2v) is 7.30. The van der Waals surface area contributed by atoms with Gasteiger partial charge in [0.05, 0.1) is 19.8 Å². The molecular formula is C20H26N2O7. The Morgan fingerprint density at radius 1 is 1.14 bits per heavy atom. The number of likely N-dealkylation sites (tertiary alicyclic amines) is 1. The van der Waals surface area contributed by atoms with Crippen molar-refractivity contribution in [3.63, 3.8) is 0 Å². The minimum atomic E-state index is -1.09. The Bertz CT molecular complexity index is 721. The zero-order chi connectivity index (χ0) is 20.8. The van der Waals surface area contributed by atoms with Gasteiger partial charge in [0.15, 0.2) is 6.29 Å². The highest BCUT2D eigenvalue weighted by atomic mass is 16.7. The normalized spacial score (nSPS) is 23.2. The number of carboxylic acids is 2. The van der Waals surface area contributed by atoms with Gasteiger partial charge in [-0.2, -0.15) is 0 Å². The number of amides is 1. The Morgan fingerprint density at radius 3 is 2.45 bits per heavy atom. The molecule has 2 saturated heterocycles. The molecule has 0 radical (unpaired) electrons. The molecule has 1 aromatic carbocycles. The predicted molar refractivity (Wildman–Crippen MR) is 101 cm³/mol. The summed E-state index contributed by atoms with van der Waals surface area (Å²) in [5, 5.41) is 21.7.